The molecule has 0 bridgehead atoms. The van der Waals surface area contributed by atoms with Gasteiger partial charge in [-0.25, -0.2) is 0 Å². The van der Waals surface area contributed by atoms with Gasteiger partial charge in [-0.3, -0.25) is 9.59 Å². The summed E-state index contributed by atoms with van der Waals surface area (Å²) in [6.45, 7) is 2.78. The summed E-state index contributed by atoms with van der Waals surface area (Å²) >= 11 is 0. The van der Waals surface area contributed by atoms with Crippen LogP contribution >= 0.6 is 0 Å². The third kappa shape index (κ3) is 4.28. The van der Waals surface area contributed by atoms with Crippen LogP contribution in [0, 0.1) is 11.8 Å². The van der Waals surface area contributed by atoms with Crippen LogP contribution in [0.2, 0.25) is 0 Å². The van der Waals surface area contributed by atoms with E-state index < -0.39 is 6.04 Å². The molecule has 1 saturated carbocycles. The SMILES string of the molecule is NC(C(=O)NC1CCN(C(=O)C2CCCCC2)C1)C1CCOCC1. The number of carbonyl (C=O) groups is 2. The van der Waals surface area contributed by atoms with Crippen molar-refractivity contribution in [3.8, 4) is 0 Å². The number of hydrogen-bond acceptors (Lipinski definition) is 4. The third-order valence-corrected chi connectivity index (χ3v) is 5.88. The van der Waals surface area contributed by atoms with Crippen molar-refractivity contribution < 1.29 is 14.3 Å². The lowest BCUT2D eigenvalue weighted by Gasteiger charge is -2.28. The summed E-state index contributed by atoms with van der Waals surface area (Å²) in [5.74, 6) is 0.636. The zero-order chi connectivity index (χ0) is 16.9. The molecule has 3 rings (SSSR count). The predicted octanol–water partition coefficient (Wildman–Crippen LogP) is 1.04. The summed E-state index contributed by atoms with van der Waals surface area (Å²) in [5, 5.41) is 3.07. The zero-order valence-electron chi connectivity index (χ0n) is 14.5. The van der Waals surface area contributed by atoms with Gasteiger partial charge in [0.05, 0.1) is 6.04 Å². The number of nitrogens with two attached hydrogens (primary N) is 1. The minimum atomic E-state index is -0.461. The van der Waals surface area contributed by atoms with Crippen molar-refractivity contribution in [1.29, 1.82) is 0 Å². The summed E-state index contributed by atoms with van der Waals surface area (Å²) in [5.41, 5.74) is 6.13. The smallest absolute Gasteiger partial charge is 0.237 e. The van der Waals surface area contributed by atoms with Gasteiger partial charge in [0.25, 0.3) is 0 Å². The quantitative estimate of drug-likeness (QED) is 0.803. The van der Waals surface area contributed by atoms with Crippen LogP contribution < -0.4 is 11.1 Å². The van der Waals surface area contributed by atoms with Crippen LogP contribution in [-0.2, 0) is 14.3 Å². The average Bonchev–Trinajstić information content (AvgIpc) is 3.10. The summed E-state index contributed by atoms with van der Waals surface area (Å²) in [6, 6.07) is -0.409. The number of amides is 2. The summed E-state index contributed by atoms with van der Waals surface area (Å²) in [4.78, 5) is 26.9. The number of likely N-dealkylation sites (tertiary alicyclic amines) is 1. The number of hydrogen-bond donors (Lipinski definition) is 2. The van der Waals surface area contributed by atoms with Gasteiger partial charge < -0.3 is 20.7 Å². The van der Waals surface area contributed by atoms with Gasteiger partial charge in [-0.15, -0.1) is 0 Å². The number of nitrogens with zero attached hydrogens (tertiary/aromatic N) is 1. The highest BCUT2D eigenvalue weighted by Gasteiger charge is 2.34. The van der Waals surface area contributed by atoms with Crippen molar-refractivity contribution in [2.75, 3.05) is 26.3 Å². The van der Waals surface area contributed by atoms with Crippen molar-refractivity contribution in [1.82, 2.24) is 10.2 Å². The van der Waals surface area contributed by atoms with Crippen molar-refractivity contribution in [3.63, 3.8) is 0 Å². The molecule has 2 unspecified atom stereocenters. The van der Waals surface area contributed by atoms with Gasteiger partial charge in [-0.2, -0.15) is 0 Å². The monoisotopic (exact) mass is 337 g/mol. The summed E-state index contributed by atoms with van der Waals surface area (Å²) < 4.78 is 5.33. The van der Waals surface area contributed by atoms with Gasteiger partial charge in [0.1, 0.15) is 0 Å². The Kier molecular flexibility index (Phi) is 6.11. The fourth-order valence-corrected chi connectivity index (χ4v) is 4.27. The molecule has 0 spiro atoms. The first-order valence-electron chi connectivity index (χ1n) is 9.57. The molecule has 2 atom stereocenters. The van der Waals surface area contributed by atoms with Gasteiger partial charge in [0.15, 0.2) is 0 Å². The lowest BCUT2D eigenvalue weighted by Crippen LogP contribution is -2.50. The first-order valence-corrected chi connectivity index (χ1v) is 9.57. The molecular weight excluding hydrogens is 306 g/mol. The molecule has 0 aromatic rings. The molecule has 0 radical (unpaired) electrons. The van der Waals surface area contributed by atoms with E-state index in [2.05, 4.69) is 5.32 Å². The third-order valence-electron chi connectivity index (χ3n) is 5.88. The first-order chi connectivity index (χ1) is 11.6. The fourth-order valence-electron chi connectivity index (χ4n) is 4.27. The second-order valence-corrected chi connectivity index (χ2v) is 7.59. The van der Waals surface area contributed by atoms with Crippen molar-refractivity contribution in [2.45, 2.75) is 63.5 Å². The Morgan fingerprint density at radius 1 is 1.04 bits per heavy atom. The molecule has 2 heterocycles. The molecule has 1 aliphatic carbocycles. The Morgan fingerprint density at radius 2 is 1.75 bits per heavy atom. The zero-order valence-corrected chi connectivity index (χ0v) is 14.5. The molecule has 3 N–H and O–H groups in total. The highest BCUT2D eigenvalue weighted by Crippen LogP contribution is 2.27. The van der Waals surface area contributed by atoms with E-state index in [0.29, 0.717) is 25.7 Å². The van der Waals surface area contributed by atoms with Gasteiger partial charge in [0, 0.05) is 38.3 Å². The normalized spacial score (nSPS) is 27.9. The van der Waals surface area contributed by atoms with E-state index in [-0.39, 0.29) is 23.8 Å². The Morgan fingerprint density at radius 3 is 2.46 bits per heavy atom. The van der Waals surface area contributed by atoms with Gasteiger partial charge in [-0.05, 0) is 38.0 Å². The molecule has 2 aliphatic heterocycles. The second-order valence-electron chi connectivity index (χ2n) is 7.59. The van der Waals surface area contributed by atoms with E-state index in [4.69, 9.17) is 10.5 Å². The van der Waals surface area contributed by atoms with Crippen LogP contribution in [0.1, 0.15) is 51.4 Å². The molecular formula is C18H31N3O3. The van der Waals surface area contributed by atoms with E-state index in [1.165, 1.54) is 19.3 Å². The second kappa shape index (κ2) is 8.30. The Bertz CT molecular complexity index is 445. The maximum Gasteiger partial charge on any atom is 0.237 e. The fraction of sp³-hybridized carbons (Fsp3) is 0.889. The lowest BCUT2D eigenvalue weighted by atomic mass is 9.88. The Hall–Kier alpha value is -1.14. The molecule has 3 fully saturated rings. The number of carbonyl (C=O) groups excluding carboxylic acids is 2. The van der Waals surface area contributed by atoms with Crippen molar-refractivity contribution >= 4 is 11.8 Å². The minimum absolute atomic E-state index is 0.0518. The highest BCUT2D eigenvalue weighted by molar-refractivity contribution is 5.83. The predicted molar refractivity (Wildman–Crippen MR) is 91.2 cm³/mol. The van der Waals surface area contributed by atoms with E-state index in [9.17, 15) is 9.59 Å². The van der Waals surface area contributed by atoms with E-state index in [1.807, 2.05) is 4.90 Å². The van der Waals surface area contributed by atoms with Gasteiger partial charge >= 0.3 is 0 Å². The van der Waals surface area contributed by atoms with Crippen molar-refractivity contribution in [2.24, 2.45) is 17.6 Å². The molecule has 3 aliphatic rings. The van der Waals surface area contributed by atoms with Crippen LogP contribution in [0.25, 0.3) is 0 Å². The van der Waals surface area contributed by atoms with Crippen LogP contribution in [0.5, 0.6) is 0 Å². The molecule has 136 valence electrons. The number of rotatable bonds is 4. The first kappa shape index (κ1) is 17.7. The maximum atomic E-state index is 12.6. The van der Waals surface area contributed by atoms with E-state index in [1.54, 1.807) is 0 Å². The molecule has 6 nitrogen and oxygen atoms in total. The Labute approximate surface area is 144 Å². The highest BCUT2D eigenvalue weighted by atomic mass is 16.5. The van der Waals surface area contributed by atoms with Gasteiger partial charge in [0.2, 0.25) is 11.8 Å². The van der Waals surface area contributed by atoms with Crippen LogP contribution in [0.3, 0.4) is 0 Å². The number of ether oxygens (including phenoxy) is 1. The van der Waals surface area contributed by atoms with Crippen LogP contribution in [0.15, 0.2) is 0 Å². The minimum Gasteiger partial charge on any atom is -0.381 e. The molecule has 2 saturated heterocycles. The summed E-state index contributed by atoms with van der Waals surface area (Å²) in [6.07, 6.45) is 8.20. The lowest BCUT2D eigenvalue weighted by molar-refractivity contribution is -0.135. The number of nitrogens with one attached hydrogen (secondary N) is 1. The molecule has 0 aromatic carbocycles. The summed E-state index contributed by atoms with van der Waals surface area (Å²) in [7, 11) is 0. The standard InChI is InChI=1S/C18H31N3O3/c19-16(13-7-10-24-11-8-13)17(22)20-15-6-9-21(12-15)18(23)14-4-2-1-3-5-14/h13-16H,1-12,19H2,(H,20,22). The topological polar surface area (TPSA) is 84.7 Å². The molecule has 6 heteroatoms. The van der Waals surface area contributed by atoms with Gasteiger partial charge in [-0.1, -0.05) is 19.3 Å². The Balaban J connectivity index is 1.45. The molecule has 2 amide bonds. The molecule has 24 heavy (non-hydrogen) atoms. The maximum absolute atomic E-state index is 12.6. The van der Waals surface area contributed by atoms with Crippen molar-refractivity contribution in [3.05, 3.63) is 0 Å². The molecule has 0 aromatic heterocycles. The average molecular weight is 337 g/mol. The van der Waals surface area contributed by atoms with Crippen LogP contribution in [-0.4, -0.2) is 55.1 Å². The largest absolute Gasteiger partial charge is 0.381 e. The van der Waals surface area contributed by atoms with Crippen LogP contribution in [0.4, 0.5) is 0 Å². The van der Waals surface area contributed by atoms with E-state index in [0.717, 1.165) is 38.6 Å². The van der Waals surface area contributed by atoms with E-state index >= 15 is 0 Å².